The van der Waals surface area contributed by atoms with Gasteiger partial charge in [0.2, 0.25) is 0 Å². The van der Waals surface area contributed by atoms with Gasteiger partial charge in [-0.3, -0.25) is 4.55 Å². The maximum absolute atomic E-state index is 11.0. The number of nitrogen functional groups attached to an aromatic ring is 1. The Morgan fingerprint density at radius 2 is 2.06 bits per heavy atom. The van der Waals surface area contributed by atoms with Crippen molar-refractivity contribution in [2.24, 2.45) is 0 Å². The van der Waals surface area contributed by atoms with Crippen molar-refractivity contribution in [1.29, 1.82) is 0 Å². The van der Waals surface area contributed by atoms with Gasteiger partial charge in [-0.2, -0.15) is 12.8 Å². The number of benzene rings is 1. The van der Waals surface area contributed by atoms with E-state index >= 15 is 0 Å². The van der Waals surface area contributed by atoms with E-state index in [0.29, 0.717) is 11.4 Å². The molecule has 3 N–H and O–H groups in total. The van der Waals surface area contributed by atoms with E-state index in [1.165, 1.54) is 23.7 Å². The molecule has 16 heavy (non-hydrogen) atoms. The summed E-state index contributed by atoms with van der Waals surface area (Å²) in [6, 6.07) is 3.98. The normalized spacial score (nSPS) is 11.6. The zero-order chi connectivity index (χ0) is 11.8. The summed E-state index contributed by atoms with van der Waals surface area (Å²) in [5, 5.41) is 0. The minimum atomic E-state index is -4.27. The first-order valence-corrected chi connectivity index (χ1v) is 6.39. The van der Waals surface area contributed by atoms with Crippen LogP contribution in [0.3, 0.4) is 0 Å². The van der Waals surface area contributed by atoms with Crippen molar-refractivity contribution in [2.45, 2.75) is 4.90 Å². The molecule has 0 saturated heterocycles. The molecule has 0 radical (unpaired) electrons. The number of rotatable bonds is 2. The van der Waals surface area contributed by atoms with E-state index in [-0.39, 0.29) is 10.6 Å². The molecule has 0 spiro atoms. The van der Waals surface area contributed by atoms with Gasteiger partial charge in [0.1, 0.15) is 5.51 Å². The van der Waals surface area contributed by atoms with E-state index in [0.717, 1.165) is 11.5 Å². The van der Waals surface area contributed by atoms with Crippen molar-refractivity contribution in [3.8, 4) is 11.4 Å². The van der Waals surface area contributed by atoms with E-state index in [1.807, 2.05) is 0 Å². The van der Waals surface area contributed by atoms with Crippen molar-refractivity contribution in [2.75, 3.05) is 5.73 Å². The van der Waals surface area contributed by atoms with Crippen LogP contribution in [0.25, 0.3) is 11.4 Å². The van der Waals surface area contributed by atoms with Gasteiger partial charge in [0.25, 0.3) is 10.1 Å². The second-order valence-electron chi connectivity index (χ2n) is 3.02. The van der Waals surface area contributed by atoms with Gasteiger partial charge in [-0.25, -0.2) is 4.98 Å². The molecule has 8 heteroatoms. The van der Waals surface area contributed by atoms with Crippen LogP contribution >= 0.6 is 11.5 Å². The van der Waals surface area contributed by atoms with Crippen LogP contribution in [0.5, 0.6) is 0 Å². The maximum Gasteiger partial charge on any atom is 0.294 e. The topological polar surface area (TPSA) is 106 Å². The Hall–Kier alpha value is -1.51. The molecule has 6 nitrogen and oxygen atoms in total. The maximum atomic E-state index is 11.0. The highest BCUT2D eigenvalue weighted by Crippen LogP contribution is 2.23. The zero-order valence-electron chi connectivity index (χ0n) is 7.86. The highest BCUT2D eigenvalue weighted by atomic mass is 32.2. The lowest BCUT2D eigenvalue weighted by Gasteiger charge is -2.02. The lowest BCUT2D eigenvalue weighted by Crippen LogP contribution is -2.00. The van der Waals surface area contributed by atoms with Gasteiger partial charge in [-0.15, -0.1) is 0 Å². The number of anilines is 1. The summed E-state index contributed by atoms with van der Waals surface area (Å²) in [5.74, 6) is 0.377. The molecule has 0 unspecified atom stereocenters. The Morgan fingerprint density at radius 3 is 2.62 bits per heavy atom. The van der Waals surface area contributed by atoms with Gasteiger partial charge in [-0.05, 0) is 29.7 Å². The fraction of sp³-hybridized carbons (Fsp3) is 0. The fourth-order valence-corrected chi connectivity index (χ4v) is 2.21. The predicted octanol–water partition coefficient (Wildman–Crippen LogP) is 1.03. The Morgan fingerprint density at radius 1 is 1.31 bits per heavy atom. The fourth-order valence-electron chi connectivity index (χ4n) is 1.20. The van der Waals surface area contributed by atoms with Crippen LogP contribution < -0.4 is 5.73 Å². The Bertz CT molecular complexity index is 607. The van der Waals surface area contributed by atoms with E-state index in [9.17, 15) is 8.42 Å². The summed E-state index contributed by atoms with van der Waals surface area (Å²) in [6.45, 7) is 0. The molecule has 1 heterocycles. The number of hydrogen-bond acceptors (Lipinski definition) is 6. The summed E-state index contributed by atoms with van der Waals surface area (Å²) in [6.07, 6.45) is 0. The van der Waals surface area contributed by atoms with Gasteiger partial charge in [0, 0.05) is 11.3 Å². The van der Waals surface area contributed by atoms with Crippen molar-refractivity contribution < 1.29 is 13.0 Å². The molecular weight excluding hydrogens is 250 g/mol. The molecular formula is C8H7N3O3S2. The van der Waals surface area contributed by atoms with Crippen molar-refractivity contribution in [3.63, 3.8) is 0 Å². The molecule has 0 bridgehead atoms. The van der Waals surface area contributed by atoms with E-state index < -0.39 is 10.1 Å². The molecule has 0 atom stereocenters. The highest BCUT2D eigenvalue weighted by Gasteiger charge is 2.13. The number of aromatic nitrogens is 2. The van der Waals surface area contributed by atoms with Crippen LogP contribution in [-0.2, 0) is 10.1 Å². The van der Waals surface area contributed by atoms with E-state index in [4.69, 9.17) is 10.3 Å². The van der Waals surface area contributed by atoms with E-state index in [1.54, 1.807) is 0 Å². The predicted molar refractivity (Wildman–Crippen MR) is 59.6 cm³/mol. The zero-order valence-corrected chi connectivity index (χ0v) is 9.49. The third kappa shape index (κ3) is 2.18. The molecule has 0 aliphatic carbocycles. The monoisotopic (exact) mass is 257 g/mol. The second-order valence-corrected chi connectivity index (χ2v) is 5.05. The van der Waals surface area contributed by atoms with Gasteiger partial charge < -0.3 is 5.73 Å². The number of nitrogens with two attached hydrogens (primary N) is 1. The standard InChI is InChI=1S/C8H7N3O3S2/c9-6-1-5(8-10-4-15-11-8)2-7(3-6)16(12,13)14/h1-4H,9H2,(H,12,13,14). The second kappa shape index (κ2) is 3.81. The molecule has 0 aliphatic rings. The third-order valence-electron chi connectivity index (χ3n) is 1.85. The van der Waals surface area contributed by atoms with Gasteiger partial charge in [-0.1, -0.05) is 0 Å². The molecule has 1 aromatic carbocycles. The number of hydrogen-bond donors (Lipinski definition) is 2. The summed E-state index contributed by atoms with van der Waals surface area (Å²) in [5.41, 5.74) is 7.73. The summed E-state index contributed by atoms with van der Waals surface area (Å²) < 4.78 is 34.8. The van der Waals surface area contributed by atoms with Crippen molar-refractivity contribution in [3.05, 3.63) is 23.7 Å². The smallest absolute Gasteiger partial charge is 0.294 e. The summed E-state index contributed by atoms with van der Waals surface area (Å²) >= 11 is 1.14. The molecule has 84 valence electrons. The van der Waals surface area contributed by atoms with Crippen LogP contribution in [0.2, 0.25) is 0 Å². The minimum absolute atomic E-state index is 0.222. The molecule has 2 rings (SSSR count). The Kier molecular flexibility index (Phi) is 2.62. The first-order valence-electron chi connectivity index (χ1n) is 4.11. The van der Waals surface area contributed by atoms with Gasteiger partial charge >= 0.3 is 0 Å². The molecule has 0 fully saturated rings. The van der Waals surface area contributed by atoms with Crippen LogP contribution in [0.1, 0.15) is 0 Å². The Balaban J connectivity index is 2.62. The lowest BCUT2D eigenvalue weighted by molar-refractivity contribution is 0.483. The summed E-state index contributed by atoms with van der Waals surface area (Å²) in [7, 11) is -4.27. The largest absolute Gasteiger partial charge is 0.399 e. The van der Waals surface area contributed by atoms with Crippen LogP contribution in [-0.4, -0.2) is 22.3 Å². The van der Waals surface area contributed by atoms with Crippen LogP contribution in [0.15, 0.2) is 28.6 Å². The van der Waals surface area contributed by atoms with E-state index in [2.05, 4.69) is 9.36 Å². The molecule has 1 aromatic heterocycles. The van der Waals surface area contributed by atoms with Crippen LogP contribution in [0.4, 0.5) is 5.69 Å². The molecule has 0 amide bonds. The minimum Gasteiger partial charge on any atom is -0.399 e. The highest BCUT2D eigenvalue weighted by molar-refractivity contribution is 7.85. The van der Waals surface area contributed by atoms with Gasteiger partial charge in [0.05, 0.1) is 4.90 Å². The first-order chi connectivity index (χ1) is 7.47. The quantitative estimate of drug-likeness (QED) is 0.615. The molecule has 0 saturated carbocycles. The average molecular weight is 257 g/mol. The summed E-state index contributed by atoms with van der Waals surface area (Å²) in [4.78, 5) is 3.66. The molecule has 0 aliphatic heterocycles. The van der Waals surface area contributed by atoms with Gasteiger partial charge in [0.15, 0.2) is 5.82 Å². The lowest BCUT2D eigenvalue weighted by atomic mass is 10.2. The third-order valence-corrected chi connectivity index (χ3v) is 3.16. The SMILES string of the molecule is Nc1cc(-c2ncsn2)cc(S(=O)(=O)O)c1. The van der Waals surface area contributed by atoms with Crippen molar-refractivity contribution >= 4 is 27.3 Å². The number of nitrogens with zero attached hydrogens (tertiary/aromatic N) is 2. The van der Waals surface area contributed by atoms with Crippen molar-refractivity contribution in [1.82, 2.24) is 9.36 Å². The molecule has 2 aromatic rings. The van der Waals surface area contributed by atoms with Crippen LogP contribution in [0, 0.1) is 0 Å². The first kappa shape index (κ1) is 11.0. The Labute approximate surface area is 95.7 Å². The average Bonchev–Trinajstić information content (AvgIpc) is 2.68.